The third kappa shape index (κ3) is 3.77. The van der Waals surface area contributed by atoms with Crippen LogP contribution in [0.5, 0.6) is 17.2 Å². The van der Waals surface area contributed by atoms with Gasteiger partial charge in [-0.05, 0) is 55.0 Å². The van der Waals surface area contributed by atoms with E-state index in [0.717, 1.165) is 29.5 Å². The summed E-state index contributed by atoms with van der Waals surface area (Å²) in [5.41, 5.74) is 3.05. The van der Waals surface area contributed by atoms with Gasteiger partial charge in [0, 0.05) is 13.0 Å². The van der Waals surface area contributed by atoms with Gasteiger partial charge in [-0.3, -0.25) is 4.79 Å². The summed E-state index contributed by atoms with van der Waals surface area (Å²) in [6.07, 6.45) is 2.34. The Labute approximate surface area is 165 Å². The quantitative estimate of drug-likeness (QED) is 0.750. The van der Waals surface area contributed by atoms with Crippen LogP contribution in [0.3, 0.4) is 0 Å². The fourth-order valence-corrected chi connectivity index (χ4v) is 3.82. The zero-order valence-corrected chi connectivity index (χ0v) is 16.8. The van der Waals surface area contributed by atoms with Crippen LogP contribution in [0.2, 0.25) is 0 Å². The molecule has 0 N–H and O–H groups in total. The van der Waals surface area contributed by atoms with Crippen LogP contribution in [0.4, 0.5) is 10.1 Å². The van der Waals surface area contributed by atoms with Gasteiger partial charge in [-0.2, -0.15) is 0 Å². The molecule has 2 aromatic rings. The van der Waals surface area contributed by atoms with Crippen LogP contribution in [0.1, 0.15) is 29.5 Å². The molecule has 0 bridgehead atoms. The van der Waals surface area contributed by atoms with Gasteiger partial charge in [0.1, 0.15) is 5.82 Å². The fraction of sp³-hybridized carbons (Fsp3) is 0.409. The van der Waals surface area contributed by atoms with Crippen molar-refractivity contribution in [3.8, 4) is 17.2 Å². The number of anilines is 1. The summed E-state index contributed by atoms with van der Waals surface area (Å²) in [5.74, 6) is 1.19. The molecule has 3 rings (SSSR count). The Kier molecular flexibility index (Phi) is 6.07. The van der Waals surface area contributed by atoms with Crippen LogP contribution in [-0.4, -0.2) is 33.8 Å². The number of hydrogen-bond acceptors (Lipinski definition) is 4. The maximum atomic E-state index is 14.6. The lowest BCUT2D eigenvalue weighted by Crippen LogP contribution is -2.36. The van der Waals surface area contributed by atoms with E-state index in [9.17, 15) is 9.18 Å². The van der Waals surface area contributed by atoms with Crippen LogP contribution in [0.15, 0.2) is 24.3 Å². The van der Waals surface area contributed by atoms with Crippen molar-refractivity contribution in [1.82, 2.24) is 0 Å². The molecule has 0 saturated carbocycles. The first-order valence-electron chi connectivity index (χ1n) is 9.37. The van der Waals surface area contributed by atoms with E-state index in [1.165, 1.54) is 6.07 Å². The second-order valence-corrected chi connectivity index (χ2v) is 6.90. The van der Waals surface area contributed by atoms with E-state index >= 15 is 0 Å². The highest BCUT2D eigenvalue weighted by atomic mass is 19.1. The van der Waals surface area contributed by atoms with E-state index in [4.69, 9.17) is 14.2 Å². The van der Waals surface area contributed by atoms with Gasteiger partial charge in [-0.25, -0.2) is 4.39 Å². The zero-order valence-electron chi connectivity index (χ0n) is 16.8. The lowest BCUT2D eigenvalue weighted by Gasteiger charge is -2.30. The summed E-state index contributed by atoms with van der Waals surface area (Å²) in [6, 6.07) is 7.11. The number of carbonyl (C=O) groups is 1. The molecule has 2 aromatic carbocycles. The second kappa shape index (κ2) is 8.50. The normalized spacial score (nSPS) is 13.1. The molecule has 150 valence electrons. The monoisotopic (exact) mass is 387 g/mol. The molecule has 1 heterocycles. The number of fused-ring (bicyclic) bond motifs is 1. The predicted octanol–water partition coefficient (Wildman–Crippen LogP) is 4.07. The highest BCUT2D eigenvalue weighted by Gasteiger charge is 2.26. The molecule has 0 atom stereocenters. The maximum absolute atomic E-state index is 14.6. The number of aryl methyl sites for hydroxylation is 3. The van der Waals surface area contributed by atoms with Crippen molar-refractivity contribution in [3.63, 3.8) is 0 Å². The van der Waals surface area contributed by atoms with Crippen LogP contribution < -0.4 is 19.1 Å². The van der Waals surface area contributed by atoms with E-state index in [1.54, 1.807) is 32.3 Å². The Bertz CT molecular complexity index is 881. The van der Waals surface area contributed by atoms with Crippen molar-refractivity contribution in [2.75, 3.05) is 32.8 Å². The number of carbonyl (C=O) groups excluding carboxylic acids is 1. The number of ether oxygens (including phenoxy) is 3. The maximum Gasteiger partial charge on any atom is 0.227 e. The third-order valence-electron chi connectivity index (χ3n) is 5.08. The molecule has 0 aromatic heterocycles. The number of nitrogens with zero attached hydrogens (tertiary/aromatic N) is 1. The summed E-state index contributed by atoms with van der Waals surface area (Å²) in [5, 5.41) is 0. The largest absolute Gasteiger partial charge is 0.493 e. The van der Waals surface area contributed by atoms with Crippen molar-refractivity contribution >= 4 is 11.6 Å². The highest BCUT2D eigenvalue weighted by Crippen LogP contribution is 2.40. The average Bonchev–Trinajstić information content (AvgIpc) is 2.70. The first-order valence-corrected chi connectivity index (χ1v) is 9.37. The Hall–Kier alpha value is -2.76. The minimum absolute atomic E-state index is 0.0967. The molecular weight excluding hydrogens is 361 g/mol. The van der Waals surface area contributed by atoms with Crippen molar-refractivity contribution in [2.24, 2.45) is 0 Å². The van der Waals surface area contributed by atoms with Crippen molar-refractivity contribution in [3.05, 3.63) is 46.8 Å². The van der Waals surface area contributed by atoms with Crippen LogP contribution in [0, 0.1) is 12.7 Å². The zero-order chi connectivity index (χ0) is 20.3. The smallest absolute Gasteiger partial charge is 0.227 e. The molecule has 0 fully saturated rings. The van der Waals surface area contributed by atoms with Gasteiger partial charge in [0.15, 0.2) is 11.5 Å². The first-order chi connectivity index (χ1) is 13.5. The van der Waals surface area contributed by atoms with Crippen LogP contribution in [-0.2, 0) is 17.6 Å². The van der Waals surface area contributed by atoms with E-state index < -0.39 is 0 Å². The van der Waals surface area contributed by atoms with Crippen molar-refractivity contribution in [2.45, 2.75) is 32.6 Å². The lowest BCUT2D eigenvalue weighted by atomic mass is 9.98. The van der Waals surface area contributed by atoms with Gasteiger partial charge >= 0.3 is 0 Å². The Morgan fingerprint density at radius 2 is 1.86 bits per heavy atom. The van der Waals surface area contributed by atoms with Gasteiger partial charge in [-0.15, -0.1) is 0 Å². The molecule has 0 saturated heterocycles. The Balaban J connectivity index is 1.81. The number of amides is 1. The molecule has 28 heavy (non-hydrogen) atoms. The van der Waals surface area contributed by atoms with E-state index in [-0.39, 0.29) is 18.1 Å². The van der Waals surface area contributed by atoms with Gasteiger partial charge in [0.25, 0.3) is 0 Å². The van der Waals surface area contributed by atoms with Crippen molar-refractivity contribution < 1.29 is 23.4 Å². The summed E-state index contributed by atoms with van der Waals surface area (Å²) in [4.78, 5) is 14.5. The summed E-state index contributed by atoms with van der Waals surface area (Å²) >= 11 is 0. The van der Waals surface area contributed by atoms with Crippen LogP contribution >= 0.6 is 0 Å². The summed E-state index contributed by atoms with van der Waals surface area (Å²) < 4.78 is 30.7. The molecule has 0 spiro atoms. The SMILES string of the molecule is COc1ccc(CCC(=O)N2CCCc3cc(C)cc(F)c32)c(OC)c1OC. The van der Waals surface area contributed by atoms with E-state index in [1.807, 2.05) is 19.1 Å². The Morgan fingerprint density at radius 3 is 2.54 bits per heavy atom. The van der Waals surface area contributed by atoms with E-state index in [2.05, 4.69) is 0 Å². The predicted molar refractivity (Wildman–Crippen MR) is 106 cm³/mol. The average molecular weight is 387 g/mol. The number of hydrogen-bond donors (Lipinski definition) is 0. The molecule has 1 amide bonds. The molecule has 0 aliphatic carbocycles. The standard InChI is InChI=1S/C22H26FNO4/c1-14-12-16-6-5-11-24(20(16)17(23)13-14)19(25)10-8-15-7-9-18(26-2)22(28-4)21(15)27-3/h7,9,12-13H,5-6,8,10-11H2,1-4H3. The molecular formula is C22H26FNO4. The second-order valence-electron chi connectivity index (χ2n) is 6.90. The minimum atomic E-state index is -0.327. The molecule has 0 radical (unpaired) electrons. The highest BCUT2D eigenvalue weighted by molar-refractivity contribution is 5.95. The van der Waals surface area contributed by atoms with Gasteiger partial charge in [0.2, 0.25) is 11.7 Å². The third-order valence-corrected chi connectivity index (χ3v) is 5.08. The molecule has 1 aliphatic rings. The first kappa shape index (κ1) is 20.0. The number of rotatable bonds is 6. The summed E-state index contributed by atoms with van der Waals surface area (Å²) in [7, 11) is 4.66. The van der Waals surface area contributed by atoms with Crippen LogP contribution in [0.25, 0.3) is 0 Å². The lowest BCUT2D eigenvalue weighted by molar-refractivity contribution is -0.118. The van der Waals surface area contributed by atoms with Crippen molar-refractivity contribution in [1.29, 1.82) is 0 Å². The molecule has 0 unspecified atom stereocenters. The minimum Gasteiger partial charge on any atom is -0.493 e. The number of benzene rings is 2. The molecule has 1 aliphatic heterocycles. The van der Waals surface area contributed by atoms with Gasteiger partial charge in [0.05, 0.1) is 27.0 Å². The van der Waals surface area contributed by atoms with E-state index in [0.29, 0.717) is 35.9 Å². The molecule has 6 heteroatoms. The fourth-order valence-electron chi connectivity index (χ4n) is 3.82. The Morgan fingerprint density at radius 1 is 1.11 bits per heavy atom. The number of methoxy groups -OCH3 is 3. The molecule has 5 nitrogen and oxygen atoms in total. The van der Waals surface area contributed by atoms with Gasteiger partial charge in [-0.1, -0.05) is 12.1 Å². The topological polar surface area (TPSA) is 48.0 Å². The van der Waals surface area contributed by atoms with Gasteiger partial charge < -0.3 is 19.1 Å². The summed E-state index contributed by atoms with van der Waals surface area (Å²) in [6.45, 7) is 2.41. The number of halogens is 1.